The number of carbonyl (C=O) groups is 4. The van der Waals surface area contributed by atoms with Crippen molar-refractivity contribution in [2.24, 2.45) is 22.7 Å². The Hall–Kier alpha value is -4.00. The number of hydrogen-bond acceptors (Lipinski definition) is 6. The van der Waals surface area contributed by atoms with Gasteiger partial charge in [0.05, 0.1) is 16.5 Å². The van der Waals surface area contributed by atoms with Crippen molar-refractivity contribution in [2.75, 3.05) is 6.61 Å². The van der Waals surface area contributed by atoms with E-state index in [2.05, 4.69) is 13.8 Å². The first-order chi connectivity index (χ1) is 19.6. The van der Waals surface area contributed by atoms with E-state index < -0.39 is 40.8 Å². The highest BCUT2D eigenvalue weighted by atomic mass is 16.6. The van der Waals surface area contributed by atoms with Crippen molar-refractivity contribution in [1.82, 2.24) is 0 Å². The molecule has 1 saturated carbocycles. The van der Waals surface area contributed by atoms with Gasteiger partial charge in [0.15, 0.2) is 5.78 Å². The van der Waals surface area contributed by atoms with E-state index in [9.17, 15) is 24.3 Å². The van der Waals surface area contributed by atoms with Gasteiger partial charge in [0.2, 0.25) is 0 Å². The summed E-state index contributed by atoms with van der Waals surface area (Å²) in [4.78, 5) is 52.9. The topological polar surface area (TPSA) is 107 Å². The number of benzene rings is 2. The second-order valence-corrected chi connectivity index (χ2v) is 12.0. The molecule has 0 amide bonds. The number of rotatable bonds is 7. The van der Waals surface area contributed by atoms with E-state index in [0.717, 1.165) is 11.1 Å². The minimum atomic E-state index is -1.03. The predicted molar refractivity (Wildman–Crippen MR) is 152 cm³/mol. The third-order valence-electron chi connectivity index (χ3n) is 9.36. The molecular weight excluding hydrogens is 520 g/mol. The molecule has 214 valence electrons. The van der Waals surface area contributed by atoms with E-state index >= 15 is 0 Å². The first kappa shape index (κ1) is 28.5. The van der Waals surface area contributed by atoms with Crippen LogP contribution in [0.4, 0.5) is 0 Å². The van der Waals surface area contributed by atoms with E-state index in [0.29, 0.717) is 42.4 Å². The van der Waals surface area contributed by atoms with Crippen molar-refractivity contribution < 1.29 is 33.8 Å². The number of esters is 2. The fraction of sp³-hybridized carbons (Fsp3) is 0.412. The lowest BCUT2D eigenvalue weighted by Crippen LogP contribution is -2.48. The van der Waals surface area contributed by atoms with Gasteiger partial charge in [-0.1, -0.05) is 62.7 Å². The summed E-state index contributed by atoms with van der Waals surface area (Å²) in [5.74, 6) is -2.44. The third kappa shape index (κ3) is 5.14. The van der Waals surface area contributed by atoms with Crippen LogP contribution in [0.15, 0.2) is 83.5 Å². The van der Waals surface area contributed by atoms with Gasteiger partial charge in [0.25, 0.3) is 0 Å². The number of allylic oxidation sites excluding steroid dienone is 2. The zero-order valence-electron chi connectivity index (χ0n) is 23.7. The average molecular weight is 557 g/mol. The molecule has 7 nitrogen and oxygen atoms in total. The molecule has 2 aromatic rings. The smallest absolute Gasteiger partial charge is 0.338 e. The summed E-state index contributed by atoms with van der Waals surface area (Å²) in [6.07, 6.45) is 2.79. The molecule has 1 fully saturated rings. The number of carbonyl (C=O) groups excluding carboxylic acids is 3. The van der Waals surface area contributed by atoms with Crippen molar-refractivity contribution in [1.29, 1.82) is 0 Å². The van der Waals surface area contributed by atoms with Crippen LogP contribution in [0.25, 0.3) is 0 Å². The van der Waals surface area contributed by atoms with Crippen LogP contribution in [0.5, 0.6) is 0 Å². The van der Waals surface area contributed by atoms with Crippen LogP contribution in [0, 0.1) is 22.7 Å². The number of ketones is 1. The Kier molecular flexibility index (Phi) is 7.73. The minimum absolute atomic E-state index is 0.122. The van der Waals surface area contributed by atoms with Crippen LogP contribution in [0.1, 0.15) is 73.6 Å². The van der Waals surface area contributed by atoms with E-state index in [1.807, 2.05) is 6.92 Å². The quantitative estimate of drug-likeness (QED) is 0.320. The molecule has 2 aromatic carbocycles. The monoisotopic (exact) mass is 556 g/mol. The Labute approximate surface area is 240 Å². The van der Waals surface area contributed by atoms with Gasteiger partial charge in [-0.25, -0.2) is 9.59 Å². The maximum absolute atomic E-state index is 14.0. The normalized spacial score (nSPS) is 27.4. The zero-order valence-corrected chi connectivity index (χ0v) is 23.7. The van der Waals surface area contributed by atoms with Crippen LogP contribution < -0.4 is 0 Å². The molecule has 0 aliphatic heterocycles. The van der Waals surface area contributed by atoms with Gasteiger partial charge in [0, 0.05) is 11.0 Å². The number of fused-ring (bicyclic) bond motifs is 3. The first-order valence-corrected chi connectivity index (χ1v) is 14.3. The molecule has 0 radical (unpaired) electrons. The SMILES string of the molecule is CC(C)C1=C2[C@@H]3C[C@@H](OC(=O)c4ccccc4)C(COC(=O)c4ccccc4)=CC(=O)[C@]3(C)CC[C@@]2(C(=O)O)CC1. The van der Waals surface area contributed by atoms with Crippen LogP contribution in [0.3, 0.4) is 0 Å². The van der Waals surface area contributed by atoms with Crippen molar-refractivity contribution in [3.8, 4) is 0 Å². The first-order valence-electron chi connectivity index (χ1n) is 14.3. The number of ether oxygens (including phenoxy) is 2. The number of hydrogen-bond donors (Lipinski definition) is 1. The van der Waals surface area contributed by atoms with Crippen molar-refractivity contribution in [3.05, 3.63) is 94.6 Å². The molecule has 5 rings (SSSR count). The fourth-order valence-electron chi connectivity index (χ4n) is 6.94. The maximum atomic E-state index is 14.0. The molecular formula is C34H36O7. The lowest BCUT2D eigenvalue weighted by Gasteiger charge is -2.48. The lowest BCUT2D eigenvalue weighted by atomic mass is 9.54. The Bertz CT molecular complexity index is 1420. The van der Waals surface area contributed by atoms with Gasteiger partial charge in [-0.15, -0.1) is 0 Å². The lowest BCUT2D eigenvalue weighted by molar-refractivity contribution is -0.151. The Balaban J connectivity index is 1.55. The summed E-state index contributed by atoms with van der Waals surface area (Å²) in [6, 6.07) is 17.1. The molecule has 0 aromatic heterocycles. The third-order valence-corrected chi connectivity index (χ3v) is 9.36. The largest absolute Gasteiger partial charge is 0.481 e. The van der Waals surface area contributed by atoms with Crippen molar-refractivity contribution in [2.45, 2.75) is 59.0 Å². The van der Waals surface area contributed by atoms with Crippen LogP contribution in [-0.4, -0.2) is 41.5 Å². The second kappa shape index (κ2) is 11.1. The molecule has 0 bridgehead atoms. The molecule has 0 unspecified atom stereocenters. The molecule has 41 heavy (non-hydrogen) atoms. The van der Waals surface area contributed by atoms with Gasteiger partial charge in [0.1, 0.15) is 12.7 Å². The molecule has 7 heteroatoms. The number of aliphatic carboxylic acids is 1. The van der Waals surface area contributed by atoms with Gasteiger partial charge in [-0.3, -0.25) is 9.59 Å². The Morgan fingerprint density at radius 2 is 1.54 bits per heavy atom. The highest BCUT2D eigenvalue weighted by Crippen LogP contribution is 2.62. The summed E-state index contributed by atoms with van der Waals surface area (Å²) in [5.41, 5.74) is 1.14. The van der Waals surface area contributed by atoms with E-state index in [1.165, 1.54) is 6.08 Å². The summed E-state index contributed by atoms with van der Waals surface area (Å²) >= 11 is 0. The highest BCUT2D eigenvalue weighted by Gasteiger charge is 2.60. The van der Waals surface area contributed by atoms with Crippen LogP contribution in [-0.2, 0) is 19.1 Å². The molecule has 0 spiro atoms. The minimum Gasteiger partial charge on any atom is -0.481 e. The summed E-state index contributed by atoms with van der Waals surface area (Å²) in [7, 11) is 0. The maximum Gasteiger partial charge on any atom is 0.338 e. The van der Waals surface area contributed by atoms with Gasteiger partial charge in [-0.05, 0) is 79.9 Å². The van der Waals surface area contributed by atoms with E-state index in [-0.39, 0.29) is 24.7 Å². The summed E-state index contributed by atoms with van der Waals surface area (Å²) in [6.45, 7) is 5.80. The highest BCUT2D eigenvalue weighted by molar-refractivity contribution is 5.98. The Morgan fingerprint density at radius 1 is 0.927 bits per heavy atom. The Morgan fingerprint density at radius 3 is 2.12 bits per heavy atom. The van der Waals surface area contributed by atoms with Gasteiger partial charge in [-0.2, -0.15) is 0 Å². The van der Waals surface area contributed by atoms with Crippen LogP contribution in [0.2, 0.25) is 0 Å². The molecule has 1 N–H and O–H groups in total. The van der Waals surface area contributed by atoms with Crippen molar-refractivity contribution >= 4 is 23.7 Å². The zero-order chi connectivity index (χ0) is 29.4. The van der Waals surface area contributed by atoms with Gasteiger partial charge < -0.3 is 14.6 Å². The number of carboxylic acids is 1. The average Bonchev–Trinajstić information content (AvgIpc) is 3.34. The molecule has 4 atom stereocenters. The summed E-state index contributed by atoms with van der Waals surface area (Å²) < 4.78 is 11.7. The molecule has 0 saturated heterocycles. The number of carboxylic acid groups (broad SMARTS) is 1. The molecule has 3 aliphatic carbocycles. The van der Waals surface area contributed by atoms with E-state index in [1.54, 1.807) is 60.7 Å². The summed E-state index contributed by atoms with van der Waals surface area (Å²) in [5, 5.41) is 10.5. The standard InChI is InChI=1S/C34H36O7/c1-21(2)25-14-15-34(32(38)39)17-16-33(3)26(29(25)34)19-27(41-31(37)23-12-8-5-9-13-23)24(18-28(33)35)20-40-30(36)22-10-6-4-7-11-22/h4-13,18,21,26-27H,14-17,19-20H2,1-3H3,(H,38,39)/t26-,27+,33+,34-/m0/s1. The predicted octanol–water partition coefficient (Wildman–Crippen LogP) is 6.20. The molecule has 3 aliphatic rings. The fourth-order valence-corrected chi connectivity index (χ4v) is 6.94. The van der Waals surface area contributed by atoms with Gasteiger partial charge >= 0.3 is 17.9 Å². The van der Waals surface area contributed by atoms with Crippen LogP contribution >= 0.6 is 0 Å². The second-order valence-electron chi connectivity index (χ2n) is 12.0. The van der Waals surface area contributed by atoms with E-state index in [4.69, 9.17) is 9.47 Å². The molecule has 0 heterocycles. The van der Waals surface area contributed by atoms with Crippen molar-refractivity contribution in [3.63, 3.8) is 0 Å².